The number of hydrogen-bond acceptors (Lipinski definition) is 4. The number of hydrogen-bond donors (Lipinski definition) is 1. The zero-order chi connectivity index (χ0) is 16.0. The topological polar surface area (TPSA) is 101 Å². The fourth-order valence-electron chi connectivity index (χ4n) is 2.03. The zero-order valence-corrected chi connectivity index (χ0v) is 12.0. The first-order valence-electron chi connectivity index (χ1n) is 6.65. The number of benzene rings is 1. The Morgan fingerprint density at radius 1 is 1.24 bits per heavy atom. The second-order valence-corrected chi connectivity index (χ2v) is 4.53. The molecule has 7 heteroatoms. The van der Waals surface area contributed by atoms with Gasteiger partial charge in [0, 0.05) is 25.2 Å². The summed E-state index contributed by atoms with van der Waals surface area (Å²) >= 11 is 0. The molecule has 0 aliphatic carbocycles. The summed E-state index contributed by atoms with van der Waals surface area (Å²) in [6.07, 6.45) is 0.0165. The lowest BCUT2D eigenvalue weighted by Gasteiger charge is -2.22. The number of nitrogens with zero attached hydrogens (tertiary/aromatic N) is 2. The first-order valence-corrected chi connectivity index (χ1v) is 6.65. The Morgan fingerprint density at radius 3 is 2.14 bits per heavy atom. The van der Waals surface area contributed by atoms with Crippen LogP contribution in [0.4, 0.5) is 5.69 Å². The van der Waals surface area contributed by atoms with E-state index in [0.29, 0.717) is 18.7 Å². The van der Waals surface area contributed by atoms with Crippen molar-refractivity contribution in [1.29, 1.82) is 0 Å². The van der Waals surface area contributed by atoms with Crippen molar-refractivity contribution in [2.45, 2.75) is 20.3 Å². The van der Waals surface area contributed by atoms with Gasteiger partial charge in [0.05, 0.1) is 4.92 Å². The first-order chi connectivity index (χ1) is 9.90. The summed E-state index contributed by atoms with van der Waals surface area (Å²) in [5, 5.41) is 19.8. The van der Waals surface area contributed by atoms with Crippen LogP contribution in [0.15, 0.2) is 24.3 Å². The van der Waals surface area contributed by atoms with Gasteiger partial charge in [-0.05, 0) is 25.8 Å². The highest BCUT2D eigenvalue weighted by Gasteiger charge is 2.29. The van der Waals surface area contributed by atoms with E-state index in [9.17, 15) is 24.8 Å². The van der Waals surface area contributed by atoms with E-state index in [-0.39, 0.29) is 12.1 Å². The van der Waals surface area contributed by atoms with Crippen LogP contribution in [0.5, 0.6) is 0 Å². The minimum absolute atomic E-state index is 0.0165. The van der Waals surface area contributed by atoms with Crippen LogP contribution in [0.1, 0.15) is 19.4 Å². The number of aliphatic carboxylic acids is 1. The van der Waals surface area contributed by atoms with Crippen molar-refractivity contribution in [2.75, 3.05) is 13.1 Å². The molecule has 1 unspecified atom stereocenters. The second kappa shape index (κ2) is 7.37. The number of amides is 1. The van der Waals surface area contributed by atoms with E-state index in [1.807, 2.05) is 0 Å². The minimum Gasteiger partial charge on any atom is -0.481 e. The van der Waals surface area contributed by atoms with Gasteiger partial charge in [-0.3, -0.25) is 19.7 Å². The van der Waals surface area contributed by atoms with Crippen LogP contribution < -0.4 is 0 Å². The van der Waals surface area contributed by atoms with E-state index in [4.69, 9.17) is 0 Å². The van der Waals surface area contributed by atoms with Crippen LogP contribution in [0.25, 0.3) is 0 Å². The van der Waals surface area contributed by atoms with Gasteiger partial charge >= 0.3 is 5.97 Å². The Bertz CT molecular complexity index is 523. The van der Waals surface area contributed by atoms with E-state index in [1.54, 1.807) is 13.8 Å². The molecule has 1 atom stereocenters. The van der Waals surface area contributed by atoms with Gasteiger partial charge in [0.15, 0.2) is 0 Å². The van der Waals surface area contributed by atoms with Gasteiger partial charge in [-0.25, -0.2) is 0 Å². The fourth-order valence-corrected chi connectivity index (χ4v) is 2.03. The average Bonchev–Trinajstić information content (AvgIpc) is 2.46. The van der Waals surface area contributed by atoms with Gasteiger partial charge in [-0.15, -0.1) is 0 Å². The van der Waals surface area contributed by atoms with Crippen molar-refractivity contribution in [3.8, 4) is 0 Å². The number of carboxylic acid groups (broad SMARTS) is 1. The Morgan fingerprint density at radius 2 is 1.76 bits per heavy atom. The maximum absolute atomic E-state index is 12.2. The molecule has 1 aromatic rings. The van der Waals surface area contributed by atoms with Gasteiger partial charge in [-0.2, -0.15) is 0 Å². The average molecular weight is 294 g/mol. The molecule has 0 spiro atoms. The smallest absolute Gasteiger partial charge is 0.316 e. The maximum atomic E-state index is 12.2. The summed E-state index contributed by atoms with van der Waals surface area (Å²) in [6, 6.07) is 5.55. The lowest BCUT2D eigenvalue weighted by atomic mass is 9.97. The number of carbonyl (C=O) groups excluding carboxylic acids is 1. The van der Waals surface area contributed by atoms with Crippen molar-refractivity contribution >= 4 is 17.6 Å². The lowest BCUT2D eigenvalue weighted by Crippen LogP contribution is -2.40. The Labute approximate surface area is 122 Å². The molecule has 0 aliphatic heterocycles. The van der Waals surface area contributed by atoms with Crippen LogP contribution >= 0.6 is 0 Å². The molecule has 114 valence electrons. The molecule has 0 saturated heterocycles. The number of carbonyl (C=O) groups is 2. The molecule has 21 heavy (non-hydrogen) atoms. The van der Waals surface area contributed by atoms with Gasteiger partial charge in [0.1, 0.15) is 5.92 Å². The van der Waals surface area contributed by atoms with Crippen molar-refractivity contribution in [1.82, 2.24) is 4.90 Å². The third-order valence-electron chi connectivity index (χ3n) is 3.26. The summed E-state index contributed by atoms with van der Waals surface area (Å²) < 4.78 is 0. The summed E-state index contributed by atoms with van der Waals surface area (Å²) in [4.78, 5) is 35.0. The molecule has 0 aliphatic rings. The zero-order valence-electron chi connectivity index (χ0n) is 12.0. The summed E-state index contributed by atoms with van der Waals surface area (Å²) in [5.41, 5.74) is 0.509. The quantitative estimate of drug-likeness (QED) is 0.468. The highest BCUT2D eigenvalue weighted by atomic mass is 16.6. The van der Waals surface area contributed by atoms with E-state index in [1.165, 1.54) is 29.2 Å². The van der Waals surface area contributed by atoms with E-state index < -0.39 is 22.7 Å². The van der Waals surface area contributed by atoms with Gasteiger partial charge < -0.3 is 10.0 Å². The monoisotopic (exact) mass is 294 g/mol. The van der Waals surface area contributed by atoms with E-state index in [0.717, 1.165) is 0 Å². The predicted molar refractivity (Wildman–Crippen MR) is 75.9 cm³/mol. The molecule has 1 amide bonds. The molecule has 0 saturated carbocycles. The Kier molecular flexibility index (Phi) is 5.83. The number of nitro benzene ring substituents is 1. The molecule has 0 heterocycles. The molecular weight excluding hydrogens is 276 g/mol. The molecule has 0 bridgehead atoms. The molecule has 1 aromatic carbocycles. The first kappa shape index (κ1) is 16.6. The van der Waals surface area contributed by atoms with Crippen molar-refractivity contribution < 1.29 is 19.6 Å². The molecule has 0 aromatic heterocycles. The van der Waals surface area contributed by atoms with Gasteiger partial charge in [-0.1, -0.05) is 12.1 Å². The van der Waals surface area contributed by atoms with E-state index in [2.05, 4.69) is 0 Å². The standard InChI is InChI=1S/C14H18N2O5/c1-3-15(4-2)13(17)12(14(18)19)9-10-5-7-11(8-6-10)16(20)21/h5-8,12H,3-4,9H2,1-2H3,(H,18,19). The Balaban J connectivity index is 2.90. The Hall–Kier alpha value is -2.44. The lowest BCUT2D eigenvalue weighted by molar-refractivity contribution is -0.384. The normalized spacial score (nSPS) is 11.7. The van der Waals surface area contributed by atoms with Crippen molar-refractivity contribution in [3.63, 3.8) is 0 Å². The van der Waals surface area contributed by atoms with Crippen LogP contribution in [0.2, 0.25) is 0 Å². The molecular formula is C14H18N2O5. The number of carboxylic acids is 1. The number of nitro groups is 1. The SMILES string of the molecule is CCN(CC)C(=O)C(Cc1ccc([N+](=O)[O-])cc1)C(=O)O. The van der Waals surface area contributed by atoms with E-state index >= 15 is 0 Å². The third-order valence-corrected chi connectivity index (χ3v) is 3.26. The summed E-state index contributed by atoms with van der Waals surface area (Å²) in [5.74, 6) is -2.80. The summed E-state index contributed by atoms with van der Waals surface area (Å²) in [7, 11) is 0. The van der Waals surface area contributed by atoms with Crippen LogP contribution in [0.3, 0.4) is 0 Å². The van der Waals surface area contributed by atoms with Crippen LogP contribution in [0, 0.1) is 16.0 Å². The maximum Gasteiger partial charge on any atom is 0.316 e. The van der Waals surface area contributed by atoms with Crippen molar-refractivity contribution in [2.24, 2.45) is 5.92 Å². The molecule has 7 nitrogen and oxygen atoms in total. The van der Waals surface area contributed by atoms with Crippen LogP contribution in [-0.4, -0.2) is 39.9 Å². The van der Waals surface area contributed by atoms with Gasteiger partial charge in [0.2, 0.25) is 5.91 Å². The minimum atomic E-state index is -1.19. The molecule has 1 N–H and O–H groups in total. The fraction of sp³-hybridized carbons (Fsp3) is 0.429. The number of non-ortho nitro benzene ring substituents is 1. The molecule has 0 radical (unpaired) electrons. The highest BCUT2D eigenvalue weighted by molar-refractivity contribution is 5.97. The largest absolute Gasteiger partial charge is 0.481 e. The number of rotatable bonds is 7. The molecule has 1 rings (SSSR count). The van der Waals surface area contributed by atoms with Crippen molar-refractivity contribution in [3.05, 3.63) is 39.9 Å². The predicted octanol–water partition coefficient (Wildman–Crippen LogP) is 1.71. The third kappa shape index (κ3) is 4.27. The summed E-state index contributed by atoms with van der Waals surface area (Å²) in [6.45, 7) is 4.46. The molecule has 0 fully saturated rings. The second-order valence-electron chi connectivity index (χ2n) is 4.53. The van der Waals surface area contributed by atoms with Gasteiger partial charge in [0.25, 0.3) is 5.69 Å². The highest BCUT2D eigenvalue weighted by Crippen LogP contribution is 2.17. The van der Waals surface area contributed by atoms with Crippen LogP contribution in [-0.2, 0) is 16.0 Å².